The smallest absolute Gasteiger partial charge is 0.259 e. The van der Waals surface area contributed by atoms with Gasteiger partial charge in [0.25, 0.3) is 5.91 Å². The first kappa shape index (κ1) is 22.6. The summed E-state index contributed by atoms with van der Waals surface area (Å²) < 4.78 is 0. The van der Waals surface area contributed by atoms with Gasteiger partial charge in [-0.1, -0.05) is 42.5 Å². The number of amides is 3. The van der Waals surface area contributed by atoms with Crippen LogP contribution in [0.1, 0.15) is 47.2 Å². The summed E-state index contributed by atoms with van der Waals surface area (Å²) in [6.45, 7) is 7.01. The summed E-state index contributed by atoms with van der Waals surface area (Å²) in [6, 6.07) is 15.5. The molecule has 0 aliphatic carbocycles. The minimum Gasteiger partial charge on any atom is -0.299 e. The van der Waals surface area contributed by atoms with Gasteiger partial charge in [-0.15, -0.1) is 6.58 Å². The molecule has 4 heterocycles. The monoisotopic (exact) mass is 480 g/mol. The molecule has 0 radical (unpaired) electrons. The minimum atomic E-state index is -0.703. The van der Waals surface area contributed by atoms with Crippen LogP contribution < -0.4 is 10.2 Å². The lowest BCUT2D eigenvalue weighted by atomic mass is 9.72. The maximum absolute atomic E-state index is 13.5. The molecule has 0 saturated carbocycles. The fraction of sp³-hybridized carbons (Fsp3) is 0.310. The number of piperidine rings is 2. The Balaban J connectivity index is 1.34. The van der Waals surface area contributed by atoms with Gasteiger partial charge in [0.1, 0.15) is 6.04 Å². The van der Waals surface area contributed by atoms with E-state index in [1.54, 1.807) is 17.2 Å². The molecular formula is C29H28N4O3. The molecule has 1 unspecified atom stereocenters. The fourth-order valence-corrected chi connectivity index (χ4v) is 6.04. The van der Waals surface area contributed by atoms with Crippen LogP contribution in [0.25, 0.3) is 10.9 Å². The number of hydrogen-bond donors (Lipinski definition) is 1. The maximum atomic E-state index is 13.5. The van der Waals surface area contributed by atoms with Gasteiger partial charge in [0, 0.05) is 30.0 Å². The molecule has 2 aromatic carbocycles. The second-order valence-electron chi connectivity index (χ2n) is 9.98. The van der Waals surface area contributed by atoms with Crippen molar-refractivity contribution in [2.24, 2.45) is 0 Å². The van der Waals surface area contributed by atoms with Crippen LogP contribution in [0.4, 0.5) is 5.69 Å². The van der Waals surface area contributed by atoms with Gasteiger partial charge in [0.15, 0.2) is 0 Å². The average molecular weight is 481 g/mol. The molecule has 1 aromatic heterocycles. The highest BCUT2D eigenvalue weighted by molar-refractivity contribution is 6.27. The van der Waals surface area contributed by atoms with E-state index in [4.69, 9.17) is 4.98 Å². The van der Waals surface area contributed by atoms with Gasteiger partial charge >= 0.3 is 0 Å². The van der Waals surface area contributed by atoms with Gasteiger partial charge in [-0.2, -0.15) is 0 Å². The number of hydrogen-bond acceptors (Lipinski definition) is 5. The zero-order valence-corrected chi connectivity index (χ0v) is 20.1. The number of allylic oxidation sites excluding steroid dienone is 1. The Labute approximate surface area is 209 Å². The number of nitrogens with zero attached hydrogens (tertiary/aromatic N) is 3. The summed E-state index contributed by atoms with van der Waals surface area (Å²) in [5.74, 6) is -0.936. The third kappa shape index (κ3) is 3.54. The van der Waals surface area contributed by atoms with Crippen LogP contribution in [0.3, 0.4) is 0 Å². The lowest BCUT2D eigenvalue weighted by molar-refractivity contribution is -0.134. The van der Waals surface area contributed by atoms with E-state index >= 15 is 0 Å². The molecule has 1 atom stereocenters. The predicted octanol–water partition coefficient (Wildman–Crippen LogP) is 3.72. The standard InChI is InChI=1S/C29H28N4O3/c1-2-29(13-16-32(17-14-29)18-19-6-4-3-5-7-19)21-9-8-20-25-22(12-15-30-26(21)25)33(28(20)36)23-10-11-24(34)31-27(23)35/h2-9,12,15,23H,1,10-11,13-14,16-18H2,(H,31,34,35). The second kappa shape index (κ2) is 8.68. The first-order valence-electron chi connectivity index (χ1n) is 12.5. The van der Waals surface area contributed by atoms with Crippen molar-refractivity contribution in [3.8, 4) is 0 Å². The zero-order valence-electron chi connectivity index (χ0n) is 20.1. The van der Waals surface area contributed by atoms with Crippen LogP contribution in [0.15, 0.2) is 67.4 Å². The van der Waals surface area contributed by atoms with Crippen molar-refractivity contribution in [2.75, 3.05) is 18.0 Å². The first-order valence-corrected chi connectivity index (χ1v) is 12.5. The van der Waals surface area contributed by atoms with Crippen LogP contribution in [-0.4, -0.2) is 46.7 Å². The molecule has 3 aliphatic rings. The summed E-state index contributed by atoms with van der Waals surface area (Å²) in [4.78, 5) is 46.5. The maximum Gasteiger partial charge on any atom is 0.259 e. The zero-order chi connectivity index (χ0) is 24.9. The third-order valence-corrected chi connectivity index (χ3v) is 8.03. The molecule has 2 fully saturated rings. The Morgan fingerprint density at radius 1 is 1.06 bits per heavy atom. The molecule has 3 aromatic rings. The number of pyridine rings is 1. The van der Waals surface area contributed by atoms with Gasteiger partial charge in [-0.3, -0.25) is 34.5 Å². The third-order valence-electron chi connectivity index (χ3n) is 8.03. The summed E-state index contributed by atoms with van der Waals surface area (Å²) in [6.07, 6.45) is 6.12. The topological polar surface area (TPSA) is 82.6 Å². The number of likely N-dealkylation sites (tertiary alicyclic amines) is 1. The van der Waals surface area contributed by atoms with Crippen molar-refractivity contribution >= 4 is 34.3 Å². The van der Waals surface area contributed by atoms with Crippen LogP contribution in [0, 0.1) is 0 Å². The Morgan fingerprint density at radius 2 is 1.83 bits per heavy atom. The van der Waals surface area contributed by atoms with Crippen molar-refractivity contribution in [1.82, 2.24) is 15.2 Å². The number of anilines is 1. The molecule has 6 rings (SSSR count). The van der Waals surface area contributed by atoms with E-state index in [9.17, 15) is 14.4 Å². The van der Waals surface area contributed by atoms with E-state index in [1.165, 1.54) is 5.56 Å². The van der Waals surface area contributed by atoms with Crippen LogP contribution in [0.2, 0.25) is 0 Å². The van der Waals surface area contributed by atoms with E-state index in [0.29, 0.717) is 17.7 Å². The summed E-state index contributed by atoms with van der Waals surface area (Å²) in [5, 5.41) is 3.17. The van der Waals surface area contributed by atoms with Crippen molar-refractivity contribution in [2.45, 2.75) is 43.7 Å². The molecule has 3 amide bonds. The Morgan fingerprint density at radius 3 is 2.56 bits per heavy atom. The Hall–Kier alpha value is -3.84. The van der Waals surface area contributed by atoms with E-state index in [0.717, 1.165) is 48.9 Å². The number of carbonyl (C=O) groups is 3. The van der Waals surface area contributed by atoms with Crippen LogP contribution in [0.5, 0.6) is 0 Å². The van der Waals surface area contributed by atoms with Gasteiger partial charge < -0.3 is 0 Å². The molecule has 0 bridgehead atoms. The van der Waals surface area contributed by atoms with E-state index in [-0.39, 0.29) is 23.7 Å². The Kier molecular flexibility index (Phi) is 5.45. The van der Waals surface area contributed by atoms with Gasteiger partial charge in [-0.05, 0) is 55.6 Å². The van der Waals surface area contributed by atoms with Crippen LogP contribution in [-0.2, 0) is 21.5 Å². The quantitative estimate of drug-likeness (QED) is 0.445. The Bertz CT molecular complexity index is 1390. The molecule has 3 aliphatic heterocycles. The van der Waals surface area contributed by atoms with E-state index in [1.807, 2.05) is 24.3 Å². The summed E-state index contributed by atoms with van der Waals surface area (Å²) >= 11 is 0. The number of rotatable bonds is 5. The van der Waals surface area contributed by atoms with Gasteiger partial charge in [0.05, 0.1) is 16.8 Å². The van der Waals surface area contributed by atoms with Crippen LogP contribution >= 0.6 is 0 Å². The molecule has 2 saturated heterocycles. The first-order chi connectivity index (χ1) is 17.5. The highest BCUT2D eigenvalue weighted by Crippen LogP contribution is 2.45. The average Bonchev–Trinajstić information content (AvgIpc) is 3.18. The number of aromatic nitrogens is 1. The molecule has 36 heavy (non-hydrogen) atoms. The normalized spacial score (nSPS) is 21.6. The van der Waals surface area contributed by atoms with E-state index in [2.05, 4.69) is 41.1 Å². The minimum absolute atomic E-state index is 0.214. The van der Waals surface area contributed by atoms with Crippen molar-refractivity contribution in [3.05, 3.63) is 84.1 Å². The van der Waals surface area contributed by atoms with Gasteiger partial charge in [-0.25, -0.2) is 0 Å². The molecule has 1 N–H and O–H groups in total. The SMILES string of the molecule is C=CC1(c2ccc3c4c(ccnc24)N(C2CCC(=O)NC2=O)C3=O)CCN(Cc2ccccc2)CC1. The molecule has 182 valence electrons. The van der Waals surface area contributed by atoms with Gasteiger partial charge in [0.2, 0.25) is 11.8 Å². The summed E-state index contributed by atoms with van der Waals surface area (Å²) in [5.41, 5.74) is 4.18. The van der Waals surface area contributed by atoms with Crippen molar-refractivity contribution < 1.29 is 14.4 Å². The number of benzene rings is 2. The molecular weight excluding hydrogens is 452 g/mol. The number of imide groups is 1. The molecule has 7 nitrogen and oxygen atoms in total. The molecule has 0 spiro atoms. The lowest BCUT2D eigenvalue weighted by Gasteiger charge is -2.40. The molecule has 7 heteroatoms. The highest BCUT2D eigenvalue weighted by Gasteiger charge is 2.43. The highest BCUT2D eigenvalue weighted by atomic mass is 16.2. The summed E-state index contributed by atoms with van der Waals surface area (Å²) in [7, 11) is 0. The van der Waals surface area contributed by atoms with Crippen molar-refractivity contribution in [1.29, 1.82) is 0 Å². The van der Waals surface area contributed by atoms with E-state index < -0.39 is 11.9 Å². The second-order valence-corrected chi connectivity index (χ2v) is 9.98. The number of carbonyl (C=O) groups excluding carboxylic acids is 3. The largest absolute Gasteiger partial charge is 0.299 e. The predicted molar refractivity (Wildman–Crippen MR) is 138 cm³/mol. The fourth-order valence-electron chi connectivity index (χ4n) is 6.04. The lowest BCUT2D eigenvalue weighted by Crippen LogP contribution is -2.53. The van der Waals surface area contributed by atoms with Crippen molar-refractivity contribution in [3.63, 3.8) is 0 Å². The number of nitrogens with one attached hydrogen (secondary N) is 1.